The lowest BCUT2D eigenvalue weighted by Gasteiger charge is -2.04. The minimum atomic E-state index is 0.288. The molecule has 2 aromatic rings. The number of benzene rings is 2. The molecule has 0 bridgehead atoms. The monoisotopic (exact) mass is 272 g/mol. The van der Waals surface area contributed by atoms with Gasteiger partial charge in [-0.1, -0.05) is 24.3 Å². The van der Waals surface area contributed by atoms with E-state index in [1.807, 2.05) is 47.4 Å². The van der Waals surface area contributed by atoms with Crippen molar-refractivity contribution in [3.05, 3.63) is 36.4 Å². The Morgan fingerprint density at radius 3 is 1.65 bits per heavy atom. The summed E-state index contributed by atoms with van der Waals surface area (Å²) in [7, 11) is 0. The quantitative estimate of drug-likeness (QED) is 0.479. The Bertz CT molecular complexity index is 570. The normalized spacial score (nSPS) is 11.9. The summed E-state index contributed by atoms with van der Waals surface area (Å²) >= 11 is 0. The third-order valence-electron chi connectivity index (χ3n) is 2.70. The van der Waals surface area contributed by atoms with E-state index < -0.39 is 0 Å². The Morgan fingerprint density at radius 2 is 1.25 bits per heavy atom. The third-order valence-corrected chi connectivity index (χ3v) is 2.70. The summed E-state index contributed by atoms with van der Waals surface area (Å²) in [5.41, 5.74) is 5.69. The fraction of sp³-hybridized carbons (Fsp3) is 0.143. The highest BCUT2D eigenvalue weighted by atomic mass is 16.5. The Balaban J connectivity index is 2.40. The van der Waals surface area contributed by atoms with Gasteiger partial charge in [0.25, 0.3) is 0 Å². The van der Waals surface area contributed by atoms with Crippen molar-refractivity contribution in [2.24, 2.45) is 9.98 Å². The third kappa shape index (κ3) is 3.46. The van der Waals surface area contributed by atoms with Crippen LogP contribution in [0.25, 0.3) is 10.8 Å². The van der Waals surface area contributed by atoms with Gasteiger partial charge >= 0.3 is 0 Å². The summed E-state index contributed by atoms with van der Waals surface area (Å²) in [6.45, 7) is 0.576. The van der Waals surface area contributed by atoms with E-state index in [1.165, 1.54) is 0 Å². The summed E-state index contributed by atoms with van der Waals surface area (Å²) in [5, 5.41) is 19.0. The molecule has 0 aliphatic heterocycles. The number of rotatable bonds is 6. The Morgan fingerprint density at radius 1 is 0.800 bits per heavy atom. The van der Waals surface area contributed by atoms with Gasteiger partial charge in [-0.05, 0) is 12.1 Å². The van der Waals surface area contributed by atoms with Crippen LogP contribution in [0.1, 0.15) is 0 Å². The van der Waals surface area contributed by atoms with Gasteiger partial charge < -0.3 is 10.4 Å². The Kier molecular flexibility index (Phi) is 5.33. The number of nitrogens with one attached hydrogen (secondary N) is 2. The van der Waals surface area contributed by atoms with Crippen molar-refractivity contribution in [1.82, 2.24) is 11.0 Å². The fourth-order valence-electron chi connectivity index (χ4n) is 1.87. The van der Waals surface area contributed by atoms with E-state index in [0.717, 1.165) is 22.1 Å². The lowest BCUT2D eigenvalue weighted by atomic mass is 10.1. The molecule has 0 aliphatic carbocycles. The predicted octanol–water partition coefficient (Wildman–Crippen LogP) is 2.20. The standard InChI is InChI=1S/C14H16N4O2/c19-17-9-7-15-13-5-1-3-11-12(13)4-2-6-14(11)16-8-10-18-20/h1-8,17-20H,9-10H2. The van der Waals surface area contributed by atoms with Crippen LogP contribution in [0.5, 0.6) is 0 Å². The zero-order valence-corrected chi connectivity index (χ0v) is 10.8. The van der Waals surface area contributed by atoms with Crippen molar-refractivity contribution in [3.8, 4) is 0 Å². The largest absolute Gasteiger partial charge is 0.316 e. The molecular formula is C14H16N4O2. The van der Waals surface area contributed by atoms with Crippen LogP contribution < -0.4 is 11.0 Å². The van der Waals surface area contributed by atoms with Crippen LogP contribution in [-0.4, -0.2) is 35.9 Å². The van der Waals surface area contributed by atoms with Crippen LogP contribution >= 0.6 is 0 Å². The number of hydroxylamine groups is 2. The van der Waals surface area contributed by atoms with E-state index in [1.54, 1.807) is 12.4 Å². The molecule has 0 heterocycles. The molecule has 0 radical (unpaired) electrons. The number of hydrogen-bond acceptors (Lipinski definition) is 6. The molecule has 0 fully saturated rings. The van der Waals surface area contributed by atoms with Crippen molar-refractivity contribution < 1.29 is 10.4 Å². The number of fused-ring (bicyclic) bond motifs is 1. The summed E-state index contributed by atoms with van der Waals surface area (Å²) in [6.07, 6.45) is 3.20. The van der Waals surface area contributed by atoms with E-state index in [-0.39, 0.29) is 13.1 Å². The average Bonchev–Trinajstić information content (AvgIpc) is 2.48. The molecule has 20 heavy (non-hydrogen) atoms. The molecule has 4 N–H and O–H groups in total. The zero-order valence-electron chi connectivity index (χ0n) is 10.8. The van der Waals surface area contributed by atoms with Gasteiger partial charge in [-0.15, -0.1) is 0 Å². The SMILES string of the molecule is ONCC=Nc1cccc2c(N=CCNO)cccc12. The molecule has 6 heteroatoms. The van der Waals surface area contributed by atoms with Crippen LogP contribution in [0, 0.1) is 0 Å². The molecular weight excluding hydrogens is 256 g/mol. The molecule has 0 aromatic heterocycles. The minimum Gasteiger partial charge on any atom is -0.316 e. The van der Waals surface area contributed by atoms with Gasteiger partial charge in [0.1, 0.15) is 0 Å². The van der Waals surface area contributed by atoms with Crippen molar-refractivity contribution in [1.29, 1.82) is 0 Å². The maximum absolute atomic E-state index is 8.54. The Labute approximate surface area is 116 Å². The maximum Gasteiger partial charge on any atom is 0.0705 e. The van der Waals surface area contributed by atoms with Crippen molar-refractivity contribution in [2.75, 3.05) is 13.1 Å². The highest BCUT2D eigenvalue weighted by molar-refractivity contribution is 6.00. The van der Waals surface area contributed by atoms with E-state index in [2.05, 4.69) is 9.98 Å². The van der Waals surface area contributed by atoms with Gasteiger partial charge in [0.05, 0.1) is 24.5 Å². The first-order valence-corrected chi connectivity index (χ1v) is 6.17. The molecule has 2 rings (SSSR count). The molecule has 6 nitrogen and oxygen atoms in total. The van der Waals surface area contributed by atoms with Crippen LogP contribution in [0.15, 0.2) is 46.4 Å². The topological polar surface area (TPSA) is 89.2 Å². The summed E-state index contributed by atoms with van der Waals surface area (Å²) < 4.78 is 0. The van der Waals surface area contributed by atoms with Crippen molar-refractivity contribution in [3.63, 3.8) is 0 Å². The van der Waals surface area contributed by atoms with Crippen molar-refractivity contribution >= 4 is 34.6 Å². The molecule has 0 saturated heterocycles. The van der Waals surface area contributed by atoms with Crippen LogP contribution in [0.2, 0.25) is 0 Å². The molecule has 0 amide bonds. The van der Waals surface area contributed by atoms with E-state index in [9.17, 15) is 0 Å². The molecule has 2 aromatic carbocycles. The smallest absolute Gasteiger partial charge is 0.0705 e. The van der Waals surface area contributed by atoms with Gasteiger partial charge in [0.15, 0.2) is 0 Å². The average molecular weight is 272 g/mol. The second kappa shape index (κ2) is 7.46. The highest BCUT2D eigenvalue weighted by Crippen LogP contribution is 2.32. The number of nitrogens with zero attached hydrogens (tertiary/aromatic N) is 2. The molecule has 0 unspecified atom stereocenters. The maximum atomic E-state index is 8.54. The van der Waals surface area contributed by atoms with Gasteiger partial charge in [-0.2, -0.15) is 0 Å². The van der Waals surface area contributed by atoms with Crippen molar-refractivity contribution in [2.45, 2.75) is 0 Å². The van der Waals surface area contributed by atoms with Crippen LogP contribution in [0.4, 0.5) is 11.4 Å². The van der Waals surface area contributed by atoms with E-state index in [4.69, 9.17) is 10.4 Å². The molecule has 0 aliphatic rings. The van der Waals surface area contributed by atoms with Gasteiger partial charge in [-0.25, -0.2) is 11.0 Å². The molecule has 0 saturated carbocycles. The van der Waals surface area contributed by atoms with Gasteiger partial charge in [-0.3, -0.25) is 9.98 Å². The Hall–Kier alpha value is -2.12. The first kappa shape index (κ1) is 14.3. The second-order valence-corrected chi connectivity index (χ2v) is 4.00. The summed E-state index contributed by atoms with van der Waals surface area (Å²) in [5.74, 6) is 0. The molecule has 0 atom stereocenters. The highest BCUT2D eigenvalue weighted by Gasteiger charge is 2.02. The minimum absolute atomic E-state index is 0.288. The summed E-state index contributed by atoms with van der Waals surface area (Å²) in [6, 6.07) is 11.6. The lowest BCUT2D eigenvalue weighted by Crippen LogP contribution is -2.09. The summed E-state index contributed by atoms with van der Waals surface area (Å²) in [4.78, 5) is 8.62. The predicted molar refractivity (Wildman–Crippen MR) is 79.8 cm³/mol. The fourth-order valence-corrected chi connectivity index (χ4v) is 1.87. The second-order valence-electron chi connectivity index (χ2n) is 4.00. The van der Waals surface area contributed by atoms with E-state index in [0.29, 0.717) is 0 Å². The number of hydrogen-bond donors (Lipinski definition) is 4. The van der Waals surface area contributed by atoms with Crippen LogP contribution in [0.3, 0.4) is 0 Å². The molecule has 104 valence electrons. The van der Waals surface area contributed by atoms with Gasteiger partial charge in [0, 0.05) is 23.2 Å². The first-order chi connectivity index (χ1) is 9.86. The lowest BCUT2D eigenvalue weighted by molar-refractivity contribution is 0.184. The molecule has 0 spiro atoms. The zero-order chi connectivity index (χ0) is 14.2. The first-order valence-electron chi connectivity index (χ1n) is 6.17. The van der Waals surface area contributed by atoms with Crippen LogP contribution in [-0.2, 0) is 0 Å². The number of aliphatic imine (C=N–C) groups is 2. The van der Waals surface area contributed by atoms with E-state index >= 15 is 0 Å². The van der Waals surface area contributed by atoms with Gasteiger partial charge in [0.2, 0.25) is 0 Å².